The predicted molar refractivity (Wildman–Crippen MR) is 144 cm³/mol. The van der Waals surface area contributed by atoms with E-state index in [0.29, 0.717) is 5.92 Å². The van der Waals surface area contributed by atoms with E-state index in [-0.39, 0.29) is 16.1 Å². The Balaban J connectivity index is 1.50. The van der Waals surface area contributed by atoms with E-state index in [4.69, 9.17) is 13.8 Å². The molecule has 3 N–H and O–H groups in total. The first kappa shape index (κ1) is 29.7. The van der Waals surface area contributed by atoms with Crippen molar-refractivity contribution in [3.8, 4) is 5.75 Å². The van der Waals surface area contributed by atoms with Crippen LogP contribution < -0.4 is 20.9 Å². The van der Waals surface area contributed by atoms with Crippen LogP contribution in [0.25, 0.3) is 0 Å². The Morgan fingerprint density at radius 2 is 1.95 bits per heavy atom. The second-order valence-corrected chi connectivity index (χ2v) is 13.2. The first-order valence-corrected chi connectivity index (χ1v) is 15.2. The maximum absolute atomic E-state index is 14.7. The molecule has 1 aliphatic heterocycles. The lowest BCUT2D eigenvalue weighted by molar-refractivity contribution is -0.189. The molecule has 2 aliphatic rings. The van der Waals surface area contributed by atoms with Crippen molar-refractivity contribution in [1.82, 2.24) is 14.6 Å². The lowest BCUT2D eigenvalue weighted by atomic mass is 10.0. The molecule has 1 saturated carbocycles. The molecule has 0 radical (unpaired) electrons. The van der Waals surface area contributed by atoms with Gasteiger partial charge < -0.3 is 14.4 Å². The van der Waals surface area contributed by atoms with Crippen LogP contribution in [0.4, 0.5) is 4.39 Å². The molecule has 214 valence electrons. The van der Waals surface area contributed by atoms with E-state index in [1.54, 1.807) is 12.1 Å². The van der Waals surface area contributed by atoms with E-state index < -0.39 is 62.7 Å². The van der Waals surface area contributed by atoms with Crippen LogP contribution in [0.2, 0.25) is 0 Å². The van der Waals surface area contributed by atoms with Crippen molar-refractivity contribution in [2.75, 3.05) is 6.61 Å². The van der Waals surface area contributed by atoms with Gasteiger partial charge in [-0.2, -0.15) is 0 Å². The summed E-state index contributed by atoms with van der Waals surface area (Å²) < 4.78 is 46.5. The van der Waals surface area contributed by atoms with Crippen molar-refractivity contribution in [3.05, 3.63) is 62.9 Å². The Bertz CT molecular complexity index is 1320. The third-order valence-electron chi connectivity index (χ3n) is 6.27. The Morgan fingerprint density at radius 1 is 1.26 bits per heavy atom. The van der Waals surface area contributed by atoms with Gasteiger partial charge >= 0.3 is 13.4 Å². The Morgan fingerprint density at radius 3 is 2.56 bits per heavy atom. The van der Waals surface area contributed by atoms with Crippen molar-refractivity contribution in [2.45, 2.75) is 81.9 Å². The molecule has 0 bridgehead atoms. The van der Waals surface area contributed by atoms with Crippen LogP contribution >= 0.6 is 19.5 Å². The summed E-state index contributed by atoms with van der Waals surface area (Å²) in [5, 5.41) is 12.9. The molecule has 39 heavy (non-hydrogen) atoms. The van der Waals surface area contributed by atoms with E-state index in [9.17, 15) is 28.4 Å². The zero-order valence-electron chi connectivity index (χ0n) is 21.8. The Kier molecular flexibility index (Phi) is 9.51. The maximum Gasteiger partial charge on any atom is 0.459 e. The predicted octanol–water partition coefficient (Wildman–Crippen LogP) is 3.25. The second kappa shape index (κ2) is 12.5. The quantitative estimate of drug-likeness (QED) is 0.336. The number of rotatable bonds is 11. The first-order chi connectivity index (χ1) is 18.4. The van der Waals surface area contributed by atoms with Crippen LogP contribution in [0, 0.1) is 0 Å². The molecule has 1 aromatic carbocycles. The molecule has 2 aromatic rings. The molecule has 1 aliphatic carbocycles. The van der Waals surface area contributed by atoms with E-state index in [1.807, 2.05) is 31.0 Å². The number of aliphatic hydroxyl groups is 1. The maximum atomic E-state index is 14.7. The fraction of sp³-hybridized carbons (Fsp3) is 0.560. The van der Waals surface area contributed by atoms with E-state index in [0.717, 1.165) is 47.0 Å². The van der Waals surface area contributed by atoms with E-state index in [2.05, 4.69) is 5.09 Å². The highest BCUT2D eigenvalue weighted by Gasteiger charge is 2.41. The molecule has 1 saturated heterocycles. The summed E-state index contributed by atoms with van der Waals surface area (Å²) in [6, 6.07) is 7.22. The molecule has 11 nitrogen and oxygen atoms in total. The summed E-state index contributed by atoms with van der Waals surface area (Å²) >= 11 is 1.07. The van der Waals surface area contributed by atoms with Gasteiger partial charge in [-0.05, 0) is 43.4 Å². The lowest BCUT2D eigenvalue weighted by Gasteiger charge is -2.37. The highest BCUT2D eigenvalue weighted by atomic mass is 32.2. The van der Waals surface area contributed by atoms with E-state index in [1.165, 1.54) is 6.92 Å². The number of nitrogens with zero attached hydrogens (tertiary/aromatic N) is 1. The number of hydrogen-bond acceptors (Lipinski definition) is 9. The van der Waals surface area contributed by atoms with Crippen molar-refractivity contribution in [3.63, 3.8) is 0 Å². The largest absolute Gasteiger partial charge is 0.459 e. The summed E-state index contributed by atoms with van der Waals surface area (Å²) in [5.41, 5.74) is -0.395. The van der Waals surface area contributed by atoms with Crippen molar-refractivity contribution in [2.24, 2.45) is 0 Å². The summed E-state index contributed by atoms with van der Waals surface area (Å²) in [6.45, 7) is 4.73. The summed E-state index contributed by atoms with van der Waals surface area (Å²) in [5.74, 6) is 0.760. The number of hydrogen-bond donors (Lipinski definition) is 3. The molecule has 3 unspecified atom stereocenters. The number of halogens is 1. The average Bonchev–Trinajstić information content (AvgIpc) is 3.70. The molecular formula is C25H33FN3O8PS. The lowest BCUT2D eigenvalue weighted by Crippen LogP contribution is -2.48. The van der Waals surface area contributed by atoms with Crippen LogP contribution in [-0.2, 0) is 18.6 Å². The molecular weight excluding hydrogens is 552 g/mol. The van der Waals surface area contributed by atoms with Crippen molar-refractivity contribution >= 4 is 24.6 Å². The van der Waals surface area contributed by atoms with Crippen LogP contribution in [0.5, 0.6) is 5.75 Å². The average molecular weight is 586 g/mol. The number of H-pyrrole nitrogens is 1. The van der Waals surface area contributed by atoms with Crippen LogP contribution in [0.1, 0.15) is 57.7 Å². The summed E-state index contributed by atoms with van der Waals surface area (Å²) in [6.07, 6.45) is -2.85. The number of carbonyl (C=O) groups excluding carboxylic acids is 1. The number of nitrogens with one attached hydrogen (secondary N) is 2. The molecule has 2 fully saturated rings. The number of aromatic amines is 1. The summed E-state index contributed by atoms with van der Waals surface area (Å²) in [4.78, 5) is 38.2. The monoisotopic (exact) mass is 585 g/mol. The van der Waals surface area contributed by atoms with Gasteiger partial charge in [-0.25, -0.2) is 18.8 Å². The molecule has 0 amide bonds. The fourth-order valence-corrected chi connectivity index (χ4v) is 6.44. The second-order valence-electron chi connectivity index (χ2n) is 9.97. The molecule has 2 heterocycles. The third-order valence-corrected chi connectivity index (χ3v) is 8.97. The SMILES string of the molecule is CC(C)SC(=O)[C@H](C)NP(=O)(OC[C@H]1O[C@@H](n2ccc(=O)[nH]c2=O)C(F)CC1O)Oc1ccc(C2CC2)cc1. The zero-order chi connectivity index (χ0) is 28.3. The minimum absolute atomic E-state index is 0.00522. The molecule has 4 rings (SSSR count). The highest BCUT2D eigenvalue weighted by molar-refractivity contribution is 8.14. The number of aromatic nitrogens is 2. The molecule has 6 atom stereocenters. The van der Waals surface area contributed by atoms with Gasteiger partial charge in [0, 0.05) is 23.9 Å². The van der Waals surface area contributed by atoms with Gasteiger partial charge in [-0.1, -0.05) is 37.7 Å². The smallest absolute Gasteiger partial charge is 0.413 e. The minimum atomic E-state index is -4.22. The Hall–Kier alpha value is -2.28. The van der Waals surface area contributed by atoms with Crippen LogP contribution in [0.3, 0.4) is 0 Å². The van der Waals surface area contributed by atoms with E-state index >= 15 is 0 Å². The topological polar surface area (TPSA) is 149 Å². The third kappa shape index (κ3) is 7.90. The molecule has 0 spiro atoms. The van der Waals surface area contributed by atoms with Crippen molar-refractivity contribution < 1.29 is 32.6 Å². The molecule has 14 heteroatoms. The zero-order valence-corrected chi connectivity index (χ0v) is 23.5. The number of ether oxygens (including phenoxy) is 1. The highest BCUT2D eigenvalue weighted by Crippen LogP contribution is 2.47. The van der Waals surface area contributed by atoms with Gasteiger partial charge in [0.25, 0.3) is 5.56 Å². The van der Waals surface area contributed by atoms with Gasteiger partial charge in [-0.15, -0.1) is 0 Å². The number of carbonyl (C=O) groups is 1. The number of benzene rings is 1. The number of alkyl halides is 1. The normalized spacial score (nSPS) is 25.7. The summed E-state index contributed by atoms with van der Waals surface area (Å²) in [7, 11) is -4.22. The molecule has 1 aromatic heterocycles. The number of aliphatic hydroxyl groups excluding tert-OH is 1. The first-order valence-electron chi connectivity index (χ1n) is 12.8. The van der Waals surface area contributed by atoms with Gasteiger partial charge in [0.15, 0.2) is 6.23 Å². The Labute approximate surface area is 229 Å². The fourth-order valence-electron chi connectivity index (χ4n) is 4.11. The van der Waals surface area contributed by atoms with Gasteiger partial charge in [0.2, 0.25) is 5.12 Å². The minimum Gasteiger partial charge on any atom is -0.413 e. The standard InChI is InChI=1S/C25H33FN3O8PS/c1-14(2)39-24(32)15(3)28-38(34,37-18-8-6-17(7-9-18)16-4-5-16)35-13-21-20(30)12-19(26)23(36-21)29-11-10-22(31)27-25(29)33/h6-11,14-16,19-21,23,30H,4-5,12-13H2,1-3H3,(H,28,34)(H,27,31,33)/t15-,19?,20?,21+,23+,38?/m0/s1. The van der Waals surface area contributed by atoms with Crippen LogP contribution in [0.15, 0.2) is 46.1 Å². The van der Waals surface area contributed by atoms with Gasteiger partial charge in [-0.3, -0.25) is 23.7 Å². The van der Waals surface area contributed by atoms with Gasteiger partial charge in [0.1, 0.15) is 18.0 Å². The van der Waals surface area contributed by atoms with Crippen molar-refractivity contribution in [1.29, 1.82) is 0 Å². The van der Waals surface area contributed by atoms with Gasteiger partial charge in [0.05, 0.1) is 18.8 Å². The number of thioether (sulfide) groups is 1. The van der Waals surface area contributed by atoms with Crippen LogP contribution in [-0.4, -0.2) is 56.1 Å².